The van der Waals surface area contributed by atoms with Crippen LogP contribution in [0.1, 0.15) is 15.9 Å². The molecule has 4 aromatic rings. The van der Waals surface area contributed by atoms with E-state index in [4.69, 9.17) is 4.42 Å². The van der Waals surface area contributed by atoms with E-state index in [1.165, 1.54) is 12.3 Å². The minimum atomic E-state index is -0.696. The number of nitro benzene ring substituents is 1. The lowest BCUT2D eigenvalue weighted by Crippen LogP contribution is -2.07. The van der Waals surface area contributed by atoms with Crippen LogP contribution in [0.25, 0.3) is 21.9 Å². The lowest BCUT2D eigenvalue weighted by atomic mass is 10.0. The van der Waals surface area contributed by atoms with Crippen LogP contribution in [0.15, 0.2) is 63.9 Å². The van der Waals surface area contributed by atoms with Crippen molar-refractivity contribution in [2.75, 3.05) is 0 Å². The van der Waals surface area contributed by atoms with E-state index in [1.54, 1.807) is 24.3 Å². The van der Waals surface area contributed by atoms with Crippen LogP contribution >= 0.6 is 0 Å². The highest BCUT2D eigenvalue weighted by Gasteiger charge is 2.20. The number of fused-ring (bicyclic) bond motifs is 3. The maximum absolute atomic E-state index is 12.7. The number of non-ortho nitro benzene ring substituents is 1. The van der Waals surface area contributed by atoms with Gasteiger partial charge in [-0.05, 0) is 24.3 Å². The number of ketones is 1. The largest absolute Gasteiger partial charge is 0.507 e. The summed E-state index contributed by atoms with van der Waals surface area (Å²) in [5, 5.41) is 21.5. The Kier molecular flexibility index (Phi) is 3.66. The summed E-state index contributed by atoms with van der Waals surface area (Å²) in [7, 11) is 0. The summed E-state index contributed by atoms with van der Waals surface area (Å²) in [6, 6.07) is 11.3. The molecule has 0 amide bonds. The minimum absolute atomic E-state index is 0.000814. The molecule has 0 aliphatic carbocycles. The molecule has 132 valence electrons. The van der Waals surface area contributed by atoms with Crippen LogP contribution in [-0.4, -0.2) is 20.8 Å². The molecule has 2 aromatic heterocycles. The molecule has 2 heterocycles. The number of hydrogen-bond donors (Lipinski definition) is 1. The molecule has 0 aliphatic rings. The lowest BCUT2D eigenvalue weighted by molar-refractivity contribution is -0.384. The number of aromatic hydroxyl groups is 1. The topological polar surface area (TPSA) is 124 Å². The fourth-order valence-corrected chi connectivity index (χ4v) is 2.84. The van der Waals surface area contributed by atoms with Gasteiger partial charge in [0, 0.05) is 29.3 Å². The van der Waals surface area contributed by atoms with Gasteiger partial charge >= 0.3 is 5.63 Å². The van der Waals surface area contributed by atoms with Gasteiger partial charge in [-0.15, -0.1) is 0 Å². The van der Waals surface area contributed by atoms with Crippen molar-refractivity contribution in [2.24, 2.45) is 0 Å². The van der Waals surface area contributed by atoms with Crippen molar-refractivity contribution in [3.63, 3.8) is 0 Å². The molecule has 27 heavy (non-hydrogen) atoms. The zero-order chi connectivity index (χ0) is 19.1. The highest BCUT2D eigenvalue weighted by molar-refractivity contribution is 6.13. The second-order valence-electron chi connectivity index (χ2n) is 5.79. The smallest absolute Gasteiger partial charge is 0.345 e. The third-order valence-corrected chi connectivity index (χ3v) is 4.15. The van der Waals surface area contributed by atoms with Crippen LogP contribution in [0.5, 0.6) is 5.75 Å². The van der Waals surface area contributed by atoms with Crippen LogP contribution in [0.2, 0.25) is 0 Å². The maximum Gasteiger partial charge on any atom is 0.345 e. The van der Waals surface area contributed by atoms with Crippen LogP contribution in [0.3, 0.4) is 0 Å². The zero-order valence-electron chi connectivity index (χ0n) is 13.6. The Morgan fingerprint density at radius 3 is 2.67 bits per heavy atom. The van der Waals surface area contributed by atoms with Gasteiger partial charge in [-0.1, -0.05) is 12.1 Å². The Bertz CT molecular complexity index is 1310. The zero-order valence-corrected chi connectivity index (χ0v) is 13.6. The van der Waals surface area contributed by atoms with E-state index < -0.39 is 22.1 Å². The first-order valence-electron chi connectivity index (χ1n) is 7.79. The summed E-state index contributed by atoms with van der Waals surface area (Å²) < 4.78 is 5.24. The van der Waals surface area contributed by atoms with Crippen LogP contribution in [0, 0.1) is 10.1 Å². The minimum Gasteiger partial charge on any atom is -0.507 e. The molecular weight excluding hydrogens is 352 g/mol. The standard InChI is InChI=1S/C19H10N2O6/c22-15-6-5-11(21(25)26)8-13(15)18(23)10-7-14-17(20-9-10)12-3-1-2-4-16(12)27-19(14)24/h1-9,22H. The summed E-state index contributed by atoms with van der Waals surface area (Å²) in [4.78, 5) is 39.4. The first kappa shape index (κ1) is 16.4. The number of carbonyl (C=O) groups excluding carboxylic acids is 1. The molecule has 0 bridgehead atoms. The number of hydrogen-bond acceptors (Lipinski definition) is 7. The predicted octanol–water partition coefficient (Wildman–Crippen LogP) is 3.19. The normalized spacial score (nSPS) is 11.0. The van der Waals surface area contributed by atoms with Gasteiger partial charge < -0.3 is 9.52 Å². The Morgan fingerprint density at radius 1 is 1.11 bits per heavy atom. The summed E-state index contributed by atoms with van der Waals surface area (Å²) in [5.41, 5.74) is -0.500. The average molecular weight is 362 g/mol. The van der Waals surface area contributed by atoms with Crippen molar-refractivity contribution in [3.8, 4) is 5.75 Å². The van der Waals surface area contributed by atoms with E-state index in [9.17, 15) is 24.8 Å². The lowest BCUT2D eigenvalue weighted by Gasteiger charge is -2.06. The quantitative estimate of drug-likeness (QED) is 0.195. The Morgan fingerprint density at radius 2 is 1.89 bits per heavy atom. The van der Waals surface area contributed by atoms with Gasteiger partial charge in [0.2, 0.25) is 0 Å². The molecule has 2 aromatic carbocycles. The summed E-state index contributed by atoms with van der Waals surface area (Å²) >= 11 is 0. The van der Waals surface area contributed by atoms with E-state index in [-0.39, 0.29) is 22.2 Å². The molecule has 0 aliphatic heterocycles. The fourth-order valence-electron chi connectivity index (χ4n) is 2.84. The molecule has 0 saturated heterocycles. The first-order valence-corrected chi connectivity index (χ1v) is 7.79. The maximum atomic E-state index is 12.7. The molecule has 0 spiro atoms. The highest BCUT2D eigenvalue weighted by atomic mass is 16.6. The number of phenols is 1. The SMILES string of the molecule is O=C(c1cnc2c(c1)c(=O)oc1ccccc12)c1cc([N+](=O)[O-])ccc1O. The second kappa shape index (κ2) is 6.03. The van der Waals surface area contributed by atoms with Gasteiger partial charge in [0.15, 0.2) is 5.78 Å². The molecular formula is C19H10N2O6. The summed E-state index contributed by atoms with van der Waals surface area (Å²) in [5.74, 6) is -1.10. The first-order chi connectivity index (χ1) is 13.0. The van der Waals surface area contributed by atoms with Crippen molar-refractivity contribution in [1.82, 2.24) is 4.98 Å². The van der Waals surface area contributed by atoms with Crippen molar-refractivity contribution < 1.29 is 19.2 Å². The van der Waals surface area contributed by atoms with Gasteiger partial charge in [-0.2, -0.15) is 0 Å². The third-order valence-electron chi connectivity index (χ3n) is 4.15. The molecule has 0 atom stereocenters. The number of rotatable bonds is 3. The van der Waals surface area contributed by atoms with Gasteiger partial charge in [0.05, 0.1) is 21.4 Å². The average Bonchev–Trinajstić information content (AvgIpc) is 2.67. The number of nitrogens with zero attached hydrogens (tertiary/aromatic N) is 2. The van der Waals surface area contributed by atoms with E-state index >= 15 is 0 Å². The Labute approximate surface area is 150 Å². The molecule has 0 saturated carbocycles. The van der Waals surface area contributed by atoms with E-state index in [1.807, 2.05) is 0 Å². The van der Waals surface area contributed by atoms with Gasteiger partial charge in [0.25, 0.3) is 5.69 Å². The van der Waals surface area contributed by atoms with E-state index in [0.29, 0.717) is 16.5 Å². The highest BCUT2D eigenvalue weighted by Crippen LogP contribution is 2.27. The van der Waals surface area contributed by atoms with Gasteiger partial charge in [-0.25, -0.2) is 4.79 Å². The van der Waals surface area contributed by atoms with Crippen LogP contribution < -0.4 is 5.63 Å². The number of para-hydroxylation sites is 1. The monoisotopic (exact) mass is 362 g/mol. The molecule has 0 unspecified atom stereocenters. The second-order valence-corrected chi connectivity index (χ2v) is 5.79. The van der Waals surface area contributed by atoms with E-state index in [2.05, 4.69) is 4.98 Å². The van der Waals surface area contributed by atoms with E-state index in [0.717, 1.165) is 18.2 Å². The van der Waals surface area contributed by atoms with Crippen molar-refractivity contribution in [1.29, 1.82) is 0 Å². The molecule has 1 N–H and O–H groups in total. The van der Waals surface area contributed by atoms with Crippen molar-refractivity contribution >= 4 is 33.3 Å². The Balaban J connectivity index is 1.90. The third kappa shape index (κ3) is 2.69. The molecule has 0 fully saturated rings. The van der Waals surface area contributed by atoms with Gasteiger partial charge in [-0.3, -0.25) is 19.9 Å². The predicted molar refractivity (Wildman–Crippen MR) is 96.0 cm³/mol. The fraction of sp³-hybridized carbons (Fsp3) is 0. The molecule has 8 heteroatoms. The number of phenolic OH excluding ortho intramolecular Hbond substituents is 1. The number of carbonyl (C=O) groups is 1. The molecule has 4 rings (SSSR count). The molecule has 0 radical (unpaired) electrons. The summed E-state index contributed by atoms with van der Waals surface area (Å²) in [6.07, 6.45) is 1.26. The number of nitro groups is 1. The molecule has 8 nitrogen and oxygen atoms in total. The number of pyridine rings is 1. The summed E-state index contributed by atoms with van der Waals surface area (Å²) in [6.45, 7) is 0. The number of benzene rings is 2. The van der Waals surface area contributed by atoms with Crippen LogP contribution in [0.4, 0.5) is 5.69 Å². The Hall–Kier alpha value is -4.07. The van der Waals surface area contributed by atoms with Crippen LogP contribution in [-0.2, 0) is 0 Å². The van der Waals surface area contributed by atoms with Gasteiger partial charge in [0.1, 0.15) is 11.3 Å². The van der Waals surface area contributed by atoms with Crippen molar-refractivity contribution in [2.45, 2.75) is 0 Å². The van der Waals surface area contributed by atoms with Crippen molar-refractivity contribution in [3.05, 3.63) is 86.4 Å². The number of aromatic nitrogens is 1.